The van der Waals surface area contributed by atoms with Gasteiger partial charge in [-0.1, -0.05) is 27.7 Å². The van der Waals surface area contributed by atoms with Crippen LogP contribution in [0.4, 0.5) is 0 Å². The summed E-state index contributed by atoms with van der Waals surface area (Å²) in [4.78, 5) is 10.8. The highest BCUT2D eigenvalue weighted by Crippen LogP contribution is 2.31. The number of aromatic amines is 1. The van der Waals surface area contributed by atoms with Crippen molar-refractivity contribution in [1.82, 2.24) is 9.97 Å². The third-order valence-electron chi connectivity index (χ3n) is 2.70. The molecular weight excluding hydrogens is 240 g/mol. The number of imidazole rings is 1. The number of aromatic nitrogens is 2. The lowest BCUT2D eigenvalue weighted by Gasteiger charge is -2.09. The maximum Gasteiger partial charge on any atom is 0.103 e. The molecule has 0 atom stereocenters. The van der Waals surface area contributed by atoms with E-state index in [4.69, 9.17) is 0 Å². The molecule has 1 N–H and O–H groups in total. The van der Waals surface area contributed by atoms with Crippen LogP contribution in [-0.2, 0) is 12.8 Å². The first-order valence-corrected chi connectivity index (χ1v) is 7.66. The van der Waals surface area contributed by atoms with Crippen LogP contribution >= 0.6 is 11.3 Å². The Bertz CT molecular complexity index is 409. The van der Waals surface area contributed by atoms with Crippen molar-refractivity contribution >= 4 is 11.3 Å². The lowest BCUT2D eigenvalue weighted by molar-refractivity contribution is 0.975. The van der Waals surface area contributed by atoms with E-state index in [1.54, 1.807) is 0 Å². The van der Waals surface area contributed by atoms with Gasteiger partial charge in [0.15, 0.2) is 0 Å². The molecule has 3 rings (SSSR count). The fraction of sp³-hybridized carbons (Fsp3) is 0.533. The molecule has 0 saturated carbocycles. The molecule has 0 fully saturated rings. The van der Waals surface area contributed by atoms with Crippen molar-refractivity contribution in [3.8, 4) is 0 Å². The third-order valence-corrected chi connectivity index (χ3v) is 3.79. The molecule has 3 heteroatoms. The number of aryl methyl sites for hydroxylation is 2. The van der Waals surface area contributed by atoms with Gasteiger partial charge < -0.3 is 4.98 Å². The third kappa shape index (κ3) is 3.02. The normalized spacial score (nSPS) is 11.4. The molecule has 0 aromatic carbocycles. The monoisotopic (exact) mass is 264 g/mol. The second-order valence-electron chi connectivity index (χ2n) is 3.91. The Labute approximate surface area is 114 Å². The Hall–Kier alpha value is -1.09. The average Bonchev–Trinajstić information content (AvgIpc) is 2.90. The molecule has 2 aromatic heterocycles. The van der Waals surface area contributed by atoms with Gasteiger partial charge in [-0.3, -0.25) is 0 Å². The predicted octanol–water partition coefficient (Wildman–Crippen LogP) is 4.64. The number of hydrogen-bond acceptors (Lipinski definition) is 2. The van der Waals surface area contributed by atoms with E-state index in [-0.39, 0.29) is 0 Å². The van der Waals surface area contributed by atoms with Crippen LogP contribution in [-0.4, -0.2) is 9.97 Å². The molecule has 18 heavy (non-hydrogen) atoms. The first-order valence-electron chi connectivity index (χ1n) is 6.85. The zero-order valence-corrected chi connectivity index (χ0v) is 13.2. The number of nitrogens with zero attached hydrogens (tertiary/aromatic N) is 1. The average molecular weight is 264 g/mol. The van der Waals surface area contributed by atoms with Gasteiger partial charge in [0.05, 0.1) is 5.69 Å². The Morgan fingerprint density at radius 1 is 1.11 bits per heavy atom. The Morgan fingerprint density at radius 2 is 1.78 bits per heavy atom. The van der Waals surface area contributed by atoms with Crippen molar-refractivity contribution in [3.05, 3.63) is 38.6 Å². The molecule has 2 aromatic rings. The summed E-state index contributed by atoms with van der Waals surface area (Å²) in [7, 11) is 0. The van der Waals surface area contributed by atoms with Gasteiger partial charge in [0.2, 0.25) is 0 Å². The first-order chi connectivity index (χ1) is 8.72. The number of rotatable bonds is 0. The van der Waals surface area contributed by atoms with Gasteiger partial charge in [-0.05, 0) is 25.5 Å². The molecule has 1 aliphatic rings. The SMILES string of the molecule is CC.CC.Cc1nc2c([nH]1)Cc1cc(C)sc1C2. The van der Waals surface area contributed by atoms with Gasteiger partial charge in [-0.25, -0.2) is 4.98 Å². The van der Waals surface area contributed by atoms with E-state index in [0.717, 1.165) is 18.7 Å². The van der Waals surface area contributed by atoms with Gasteiger partial charge in [0.1, 0.15) is 5.82 Å². The Balaban J connectivity index is 0.000000371. The topological polar surface area (TPSA) is 28.7 Å². The predicted molar refractivity (Wildman–Crippen MR) is 80.7 cm³/mol. The number of hydrogen-bond donors (Lipinski definition) is 1. The van der Waals surface area contributed by atoms with Crippen LogP contribution < -0.4 is 0 Å². The minimum absolute atomic E-state index is 1.02. The molecule has 0 amide bonds. The zero-order chi connectivity index (χ0) is 13.7. The number of nitrogens with one attached hydrogen (secondary N) is 1. The van der Waals surface area contributed by atoms with Gasteiger partial charge >= 0.3 is 0 Å². The molecular formula is C15H24N2S. The van der Waals surface area contributed by atoms with Gasteiger partial charge in [-0.2, -0.15) is 0 Å². The molecule has 0 bridgehead atoms. The van der Waals surface area contributed by atoms with Gasteiger partial charge in [0.25, 0.3) is 0 Å². The highest BCUT2D eigenvalue weighted by Gasteiger charge is 2.19. The summed E-state index contributed by atoms with van der Waals surface area (Å²) >= 11 is 1.91. The van der Waals surface area contributed by atoms with Crippen molar-refractivity contribution in [2.45, 2.75) is 54.4 Å². The minimum atomic E-state index is 1.02. The van der Waals surface area contributed by atoms with E-state index in [0.29, 0.717) is 0 Å². The smallest absolute Gasteiger partial charge is 0.103 e. The molecule has 1 aliphatic carbocycles. The highest BCUT2D eigenvalue weighted by atomic mass is 32.1. The van der Waals surface area contributed by atoms with E-state index >= 15 is 0 Å². The molecule has 2 heterocycles. The summed E-state index contributed by atoms with van der Waals surface area (Å²) in [6, 6.07) is 2.30. The van der Waals surface area contributed by atoms with E-state index < -0.39 is 0 Å². The van der Waals surface area contributed by atoms with Crippen LogP contribution in [0.5, 0.6) is 0 Å². The van der Waals surface area contributed by atoms with E-state index in [2.05, 4.69) is 23.0 Å². The molecule has 0 aliphatic heterocycles. The minimum Gasteiger partial charge on any atom is -0.346 e. The molecule has 0 unspecified atom stereocenters. The summed E-state index contributed by atoms with van der Waals surface area (Å²) in [5.41, 5.74) is 4.05. The molecule has 100 valence electrons. The van der Waals surface area contributed by atoms with Crippen LogP contribution in [0.1, 0.15) is 60.2 Å². The Kier molecular flexibility index (Phi) is 5.60. The van der Waals surface area contributed by atoms with E-state index in [9.17, 15) is 0 Å². The molecule has 2 nitrogen and oxygen atoms in total. The molecule has 0 spiro atoms. The van der Waals surface area contributed by atoms with Gasteiger partial charge in [-0.15, -0.1) is 11.3 Å². The lowest BCUT2D eigenvalue weighted by Crippen LogP contribution is -2.03. The largest absolute Gasteiger partial charge is 0.346 e. The van der Waals surface area contributed by atoms with Crippen LogP contribution in [0.3, 0.4) is 0 Å². The molecule has 0 radical (unpaired) electrons. The molecule has 0 saturated heterocycles. The summed E-state index contributed by atoms with van der Waals surface area (Å²) in [5.74, 6) is 1.04. The Morgan fingerprint density at radius 3 is 2.44 bits per heavy atom. The lowest BCUT2D eigenvalue weighted by atomic mass is 10.00. The van der Waals surface area contributed by atoms with E-state index in [1.807, 2.05) is 46.0 Å². The zero-order valence-electron chi connectivity index (χ0n) is 12.3. The van der Waals surface area contributed by atoms with Crippen LogP contribution in [0, 0.1) is 13.8 Å². The van der Waals surface area contributed by atoms with Crippen LogP contribution in [0.15, 0.2) is 6.07 Å². The first kappa shape index (κ1) is 15.0. The fourth-order valence-electron chi connectivity index (χ4n) is 2.14. The summed E-state index contributed by atoms with van der Waals surface area (Å²) in [6.45, 7) is 12.2. The number of fused-ring (bicyclic) bond motifs is 2. The van der Waals surface area contributed by atoms with Gasteiger partial charge in [0, 0.05) is 28.3 Å². The van der Waals surface area contributed by atoms with Crippen molar-refractivity contribution in [2.75, 3.05) is 0 Å². The highest BCUT2D eigenvalue weighted by molar-refractivity contribution is 7.12. The fourth-order valence-corrected chi connectivity index (χ4v) is 3.20. The summed E-state index contributed by atoms with van der Waals surface area (Å²) < 4.78 is 0. The summed E-state index contributed by atoms with van der Waals surface area (Å²) in [5, 5.41) is 0. The van der Waals surface area contributed by atoms with Crippen LogP contribution in [0.2, 0.25) is 0 Å². The second kappa shape index (κ2) is 6.74. The maximum atomic E-state index is 4.51. The quantitative estimate of drug-likeness (QED) is 0.630. The van der Waals surface area contributed by atoms with Crippen molar-refractivity contribution in [1.29, 1.82) is 0 Å². The van der Waals surface area contributed by atoms with E-state index in [1.165, 1.54) is 26.7 Å². The van der Waals surface area contributed by atoms with Crippen molar-refractivity contribution < 1.29 is 0 Å². The van der Waals surface area contributed by atoms with Crippen molar-refractivity contribution in [3.63, 3.8) is 0 Å². The maximum absolute atomic E-state index is 4.51. The standard InChI is InChI=1S/C11H12N2S.2C2H6/c1-6-3-8-4-9-10(5-11(8)14-6)13-7(2)12-9;2*1-2/h3H,4-5H2,1-2H3,(H,12,13);2*1-2H3. The second-order valence-corrected chi connectivity index (χ2v) is 5.25. The van der Waals surface area contributed by atoms with Crippen LogP contribution in [0.25, 0.3) is 0 Å². The number of thiophene rings is 1. The summed E-state index contributed by atoms with van der Waals surface area (Å²) in [6.07, 6.45) is 2.06. The number of H-pyrrole nitrogens is 1. The van der Waals surface area contributed by atoms with Crippen molar-refractivity contribution in [2.24, 2.45) is 0 Å².